The lowest BCUT2D eigenvalue weighted by molar-refractivity contribution is -0.137. The molecule has 0 saturated carbocycles. The molecule has 2 aromatic carbocycles. The fourth-order valence-electron chi connectivity index (χ4n) is 2.14. The normalized spacial score (nSPS) is 12.0. The molecule has 0 aliphatic rings. The number of rotatable bonds is 5. The molecular weight excluding hydrogens is 290 g/mol. The molecule has 0 spiro atoms. The van der Waals surface area contributed by atoms with Crippen LogP contribution in [0.3, 0.4) is 0 Å². The summed E-state index contributed by atoms with van der Waals surface area (Å²) < 4.78 is 5.36. The number of nitrogens with two attached hydrogens (primary N) is 1. The molecule has 0 fully saturated rings. The summed E-state index contributed by atoms with van der Waals surface area (Å²) in [7, 11) is 1.58. The third-order valence-electron chi connectivity index (χ3n) is 3.18. The summed E-state index contributed by atoms with van der Waals surface area (Å²) >= 11 is 6.02. The Morgan fingerprint density at radius 2 is 2.10 bits per heavy atom. The summed E-state index contributed by atoms with van der Waals surface area (Å²) in [6.45, 7) is 0. The zero-order valence-corrected chi connectivity index (χ0v) is 12.3. The van der Waals surface area contributed by atoms with Crippen LogP contribution in [0.15, 0.2) is 42.5 Å². The molecule has 0 radical (unpaired) electrons. The Kier molecular flexibility index (Phi) is 4.83. The summed E-state index contributed by atoms with van der Waals surface area (Å²) in [6, 6.07) is 12.2. The Labute approximate surface area is 128 Å². The molecule has 2 aromatic rings. The van der Waals surface area contributed by atoms with Gasteiger partial charge in [0.1, 0.15) is 5.75 Å². The Morgan fingerprint density at radius 3 is 2.71 bits per heavy atom. The molecule has 4 nitrogen and oxygen atoms in total. The first-order valence-corrected chi connectivity index (χ1v) is 6.80. The standard InChI is InChI=1S/C16H16ClNO3/c1-21-15-6-5-11(14(18)9-16(19)20)8-13(15)10-3-2-4-12(17)7-10/h2-8,14H,9,18H2,1H3,(H,19,20)/t14-/m0/s1. The number of halogens is 1. The van der Waals surface area contributed by atoms with Crippen LogP contribution in [0.5, 0.6) is 5.75 Å². The second-order valence-electron chi connectivity index (χ2n) is 4.67. The molecule has 5 heteroatoms. The lowest BCUT2D eigenvalue weighted by Crippen LogP contribution is -2.15. The van der Waals surface area contributed by atoms with Gasteiger partial charge in [-0.25, -0.2) is 0 Å². The minimum atomic E-state index is -0.928. The van der Waals surface area contributed by atoms with E-state index in [1.54, 1.807) is 25.3 Å². The van der Waals surface area contributed by atoms with E-state index in [4.69, 9.17) is 27.2 Å². The number of carbonyl (C=O) groups is 1. The van der Waals surface area contributed by atoms with Gasteiger partial charge in [-0.15, -0.1) is 0 Å². The number of carboxylic acids is 1. The van der Waals surface area contributed by atoms with Crippen molar-refractivity contribution >= 4 is 17.6 Å². The molecule has 0 amide bonds. The monoisotopic (exact) mass is 305 g/mol. The van der Waals surface area contributed by atoms with Crippen LogP contribution in [0, 0.1) is 0 Å². The number of methoxy groups -OCH3 is 1. The van der Waals surface area contributed by atoms with Gasteiger partial charge in [0.05, 0.1) is 13.5 Å². The largest absolute Gasteiger partial charge is 0.496 e. The first-order chi connectivity index (χ1) is 10.0. The summed E-state index contributed by atoms with van der Waals surface area (Å²) in [5.74, 6) is -0.244. The van der Waals surface area contributed by atoms with E-state index in [0.29, 0.717) is 10.8 Å². The topological polar surface area (TPSA) is 72.5 Å². The quantitative estimate of drug-likeness (QED) is 0.887. The molecule has 21 heavy (non-hydrogen) atoms. The number of ether oxygens (including phenoxy) is 1. The summed E-state index contributed by atoms with van der Waals surface area (Å²) in [4.78, 5) is 10.8. The van der Waals surface area contributed by atoms with Crippen molar-refractivity contribution < 1.29 is 14.6 Å². The molecule has 0 aromatic heterocycles. The highest BCUT2D eigenvalue weighted by Gasteiger charge is 2.14. The fraction of sp³-hybridized carbons (Fsp3) is 0.188. The van der Waals surface area contributed by atoms with E-state index in [0.717, 1.165) is 16.7 Å². The fourth-order valence-corrected chi connectivity index (χ4v) is 2.33. The minimum Gasteiger partial charge on any atom is -0.496 e. The number of carboxylic acid groups (broad SMARTS) is 1. The van der Waals surface area contributed by atoms with Gasteiger partial charge < -0.3 is 15.6 Å². The molecule has 0 bridgehead atoms. The zero-order chi connectivity index (χ0) is 15.4. The average molecular weight is 306 g/mol. The molecule has 0 aliphatic heterocycles. The van der Waals surface area contributed by atoms with Gasteiger partial charge in [-0.3, -0.25) is 4.79 Å². The smallest absolute Gasteiger partial charge is 0.305 e. The Morgan fingerprint density at radius 1 is 1.33 bits per heavy atom. The predicted octanol–water partition coefficient (Wildman–Crippen LogP) is 3.49. The predicted molar refractivity (Wildman–Crippen MR) is 82.6 cm³/mol. The van der Waals surface area contributed by atoms with Crippen LogP contribution in [0.4, 0.5) is 0 Å². The molecule has 1 atom stereocenters. The van der Waals surface area contributed by atoms with Crippen LogP contribution in [-0.4, -0.2) is 18.2 Å². The Hall–Kier alpha value is -2.04. The van der Waals surface area contributed by atoms with E-state index < -0.39 is 12.0 Å². The molecule has 0 heterocycles. The molecular formula is C16H16ClNO3. The molecule has 110 valence electrons. The van der Waals surface area contributed by atoms with Crippen molar-refractivity contribution in [2.75, 3.05) is 7.11 Å². The third-order valence-corrected chi connectivity index (χ3v) is 3.42. The molecule has 2 rings (SSSR count). The Balaban J connectivity index is 2.45. The third kappa shape index (κ3) is 3.74. The maximum Gasteiger partial charge on any atom is 0.305 e. The van der Waals surface area contributed by atoms with Crippen LogP contribution >= 0.6 is 11.6 Å². The van der Waals surface area contributed by atoms with E-state index >= 15 is 0 Å². The number of aliphatic carboxylic acids is 1. The minimum absolute atomic E-state index is 0.124. The van der Waals surface area contributed by atoms with Crippen molar-refractivity contribution in [3.63, 3.8) is 0 Å². The van der Waals surface area contributed by atoms with E-state index in [1.165, 1.54) is 0 Å². The van der Waals surface area contributed by atoms with Crippen molar-refractivity contribution in [2.45, 2.75) is 12.5 Å². The van der Waals surface area contributed by atoms with Gasteiger partial charge in [0.25, 0.3) is 0 Å². The molecule has 0 unspecified atom stereocenters. The molecule has 0 aliphatic carbocycles. The summed E-state index contributed by atoms with van der Waals surface area (Å²) in [6.07, 6.45) is -0.124. The zero-order valence-electron chi connectivity index (χ0n) is 11.5. The average Bonchev–Trinajstić information content (AvgIpc) is 2.45. The molecule has 3 N–H and O–H groups in total. The van der Waals surface area contributed by atoms with Crippen LogP contribution in [0.2, 0.25) is 5.02 Å². The van der Waals surface area contributed by atoms with Gasteiger partial charge in [0, 0.05) is 16.6 Å². The van der Waals surface area contributed by atoms with Crippen molar-refractivity contribution in [2.24, 2.45) is 5.73 Å². The van der Waals surface area contributed by atoms with E-state index in [1.807, 2.05) is 24.3 Å². The van der Waals surface area contributed by atoms with Gasteiger partial charge in [-0.2, -0.15) is 0 Å². The van der Waals surface area contributed by atoms with Crippen LogP contribution in [-0.2, 0) is 4.79 Å². The number of hydrogen-bond donors (Lipinski definition) is 2. The van der Waals surface area contributed by atoms with Crippen molar-refractivity contribution in [1.29, 1.82) is 0 Å². The maximum absolute atomic E-state index is 10.8. The number of benzene rings is 2. The van der Waals surface area contributed by atoms with Gasteiger partial charge in [0.15, 0.2) is 0 Å². The van der Waals surface area contributed by atoms with E-state index in [-0.39, 0.29) is 6.42 Å². The van der Waals surface area contributed by atoms with Crippen molar-refractivity contribution in [3.8, 4) is 16.9 Å². The van der Waals surface area contributed by atoms with Gasteiger partial charge in [0.2, 0.25) is 0 Å². The molecule has 0 saturated heterocycles. The van der Waals surface area contributed by atoms with Gasteiger partial charge >= 0.3 is 5.97 Å². The number of hydrogen-bond acceptors (Lipinski definition) is 3. The second-order valence-corrected chi connectivity index (χ2v) is 5.11. The van der Waals surface area contributed by atoms with Gasteiger partial charge in [-0.05, 0) is 35.4 Å². The van der Waals surface area contributed by atoms with Gasteiger partial charge in [-0.1, -0.05) is 29.8 Å². The summed E-state index contributed by atoms with van der Waals surface area (Å²) in [5, 5.41) is 9.47. The lowest BCUT2D eigenvalue weighted by Gasteiger charge is -2.14. The second kappa shape index (κ2) is 6.61. The highest BCUT2D eigenvalue weighted by molar-refractivity contribution is 6.30. The Bertz CT molecular complexity index is 658. The van der Waals surface area contributed by atoms with Crippen LogP contribution < -0.4 is 10.5 Å². The first-order valence-electron chi connectivity index (χ1n) is 6.42. The van der Waals surface area contributed by atoms with Crippen molar-refractivity contribution in [1.82, 2.24) is 0 Å². The van der Waals surface area contributed by atoms with E-state index in [9.17, 15) is 4.79 Å². The van der Waals surface area contributed by atoms with Crippen LogP contribution in [0.25, 0.3) is 11.1 Å². The van der Waals surface area contributed by atoms with Crippen LogP contribution in [0.1, 0.15) is 18.0 Å². The van der Waals surface area contributed by atoms with Crippen molar-refractivity contribution in [3.05, 3.63) is 53.1 Å². The van der Waals surface area contributed by atoms with E-state index in [2.05, 4.69) is 0 Å². The maximum atomic E-state index is 10.8. The first kappa shape index (κ1) is 15.4. The lowest BCUT2D eigenvalue weighted by atomic mass is 9.97. The summed E-state index contributed by atoms with van der Waals surface area (Å²) in [5.41, 5.74) is 8.38. The highest BCUT2D eigenvalue weighted by atomic mass is 35.5. The highest BCUT2D eigenvalue weighted by Crippen LogP contribution is 2.33. The SMILES string of the molecule is COc1ccc([C@@H](N)CC(=O)O)cc1-c1cccc(Cl)c1.